The molecule has 0 bridgehead atoms. The SMILES string of the molecule is CCNC(Cc1ccc(F)c(Br)c1)c1ncn[nH]1. The van der Waals surface area contributed by atoms with E-state index in [0.29, 0.717) is 4.47 Å². The molecule has 0 amide bonds. The van der Waals surface area contributed by atoms with Crippen LogP contribution in [0.1, 0.15) is 24.4 Å². The Labute approximate surface area is 113 Å². The number of nitrogens with zero attached hydrogens (tertiary/aromatic N) is 2. The molecule has 1 aromatic heterocycles. The van der Waals surface area contributed by atoms with Crippen molar-refractivity contribution in [2.45, 2.75) is 19.4 Å². The van der Waals surface area contributed by atoms with E-state index in [2.05, 4.69) is 36.4 Å². The van der Waals surface area contributed by atoms with Gasteiger partial charge >= 0.3 is 0 Å². The van der Waals surface area contributed by atoms with Gasteiger partial charge in [-0.15, -0.1) is 0 Å². The molecule has 0 fully saturated rings. The molecule has 2 rings (SSSR count). The number of aromatic amines is 1. The van der Waals surface area contributed by atoms with Crippen LogP contribution in [0.15, 0.2) is 29.0 Å². The van der Waals surface area contributed by atoms with Gasteiger partial charge in [0.15, 0.2) is 0 Å². The van der Waals surface area contributed by atoms with Gasteiger partial charge in [-0.05, 0) is 46.6 Å². The third-order valence-corrected chi connectivity index (χ3v) is 3.25. The number of nitrogens with one attached hydrogen (secondary N) is 2. The molecule has 0 aliphatic heterocycles. The van der Waals surface area contributed by atoms with Crippen LogP contribution in [0.2, 0.25) is 0 Å². The highest BCUT2D eigenvalue weighted by Crippen LogP contribution is 2.20. The van der Waals surface area contributed by atoms with Crippen LogP contribution in [-0.2, 0) is 6.42 Å². The summed E-state index contributed by atoms with van der Waals surface area (Å²) < 4.78 is 13.6. The van der Waals surface area contributed by atoms with Crippen molar-refractivity contribution in [3.8, 4) is 0 Å². The molecule has 1 aromatic carbocycles. The number of halogens is 2. The first kappa shape index (κ1) is 13.2. The summed E-state index contributed by atoms with van der Waals surface area (Å²) in [5.41, 5.74) is 1.03. The van der Waals surface area contributed by atoms with Gasteiger partial charge in [-0.1, -0.05) is 13.0 Å². The van der Waals surface area contributed by atoms with E-state index in [4.69, 9.17) is 0 Å². The van der Waals surface area contributed by atoms with Crippen molar-refractivity contribution < 1.29 is 4.39 Å². The Morgan fingerprint density at radius 2 is 2.33 bits per heavy atom. The molecular weight excluding hydrogens is 299 g/mol. The summed E-state index contributed by atoms with van der Waals surface area (Å²) in [6, 6.07) is 5.08. The van der Waals surface area contributed by atoms with Gasteiger partial charge < -0.3 is 5.32 Å². The molecular formula is C12H14BrFN4. The third-order valence-electron chi connectivity index (χ3n) is 2.64. The lowest BCUT2D eigenvalue weighted by molar-refractivity contribution is 0.522. The Balaban J connectivity index is 2.16. The highest BCUT2D eigenvalue weighted by atomic mass is 79.9. The normalized spacial score (nSPS) is 12.6. The van der Waals surface area contributed by atoms with Crippen molar-refractivity contribution in [3.05, 3.63) is 46.2 Å². The molecule has 4 nitrogen and oxygen atoms in total. The molecule has 0 radical (unpaired) electrons. The molecule has 1 atom stereocenters. The fraction of sp³-hybridized carbons (Fsp3) is 0.333. The van der Waals surface area contributed by atoms with Crippen LogP contribution in [0.25, 0.3) is 0 Å². The van der Waals surface area contributed by atoms with E-state index >= 15 is 0 Å². The minimum Gasteiger partial charge on any atom is -0.307 e. The van der Waals surface area contributed by atoms with Crippen molar-refractivity contribution in [3.63, 3.8) is 0 Å². The fourth-order valence-corrected chi connectivity index (χ4v) is 2.22. The first-order chi connectivity index (χ1) is 8.70. The molecule has 0 aliphatic rings. The molecule has 96 valence electrons. The van der Waals surface area contributed by atoms with E-state index in [1.54, 1.807) is 12.1 Å². The number of hydrogen-bond acceptors (Lipinski definition) is 3. The van der Waals surface area contributed by atoms with E-state index in [0.717, 1.165) is 24.4 Å². The topological polar surface area (TPSA) is 53.6 Å². The monoisotopic (exact) mass is 312 g/mol. The van der Waals surface area contributed by atoms with Crippen LogP contribution >= 0.6 is 15.9 Å². The lowest BCUT2D eigenvalue weighted by atomic mass is 10.1. The van der Waals surface area contributed by atoms with Gasteiger partial charge in [0.2, 0.25) is 0 Å². The average Bonchev–Trinajstić information content (AvgIpc) is 2.87. The maximum absolute atomic E-state index is 13.2. The van der Waals surface area contributed by atoms with Gasteiger partial charge in [-0.25, -0.2) is 9.37 Å². The zero-order chi connectivity index (χ0) is 13.0. The molecule has 6 heteroatoms. The van der Waals surface area contributed by atoms with Gasteiger partial charge in [0, 0.05) is 0 Å². The van der Waals surface area contributed by atoms with E-state index in [1.165, 1.54) is 12.4 Å². The Morgan fingerprint density at radius 3 is 2.94 bits per heavy atom. The molecule has 0 spiro atoms. The smallest absolute Gasteiger partial charge is 0.141 e. The van der Waals surface area contributed by atoms with Crippen LogP contribution in [-0.4, -0.2) is 21.7 Å². The predicted octanol–water partition coefficient (Wildman–Crippen LogP) is 2.60. The highest BCUT2D eigenvalue weighted by molar-refractivity contribution is 9.10. The van der Waals surface area contributed by atoms with Gasteiger partial charge in [-0.3, -0.25) is 5.10 Å². The maximum atomic E-state index is 13.2. The molecule has 0 aliphatic carbocycles. The quantitative estimate of drug-likeness (QED) is 0.892. The number of hydrogen-bond donors (Lipinski definition) is 2. The first-order valence-electron chi connectivity index (χ1n) is 5.73. The Bertz CT molecular complexity index is 501. The second-order valence-corrected chi connectivity index (χ2v) is 4.79. The van der Waals surface area contributed by atoms with Crippen LogP contribution in [0.5, 0.6) is 0 Å². The van der Waals surface area contributed by atoms with Gasteiger partial charge in [0.1, 0.15) is 18.0 Å². The summed E-state index contributed by atoms with van der Waals surface area (Å²) in [6.07, 6.45) is 2.21. The highest BCUT2D eigenvalue weighted by Gasteiger charge is 2.14. The molecule has 2 aromatic rings. The third kappa shape index (κ3) is 3.14. The minimum atomic E-state index is -0.251. The molecule has 1 unspecified atom stereocenters. The summed E-state index contributed by atoms with van der Waals surface area (Å²) >= 11 is 3.19. The van der Waals surface area contributed by atoms with Crippen molar-refractivity contribution >= 4 is 15.9 Å². The summed E-state index contributed by atoms with van der Waals surface area (Å²) in [5.74, 6) is 0.538. The van der Waals surface area contributed by atoms with Crippen LogP contribution in [0, 0.1) is 5.82 Å². The van der Waals surface area contributed by atoms with E-state index in [1.807, 2.05) is 6.92 Å². The van der Waals surface area contributed by atoms with E-state index in [9.17, 15) is 4.39 Å². The Hall–Kier alpha value is -1.27. The predicted molar refractivity (Wildman–Crippen MR) is 70.6 cm³/mol. The van der Waals surface area contributed by atoms with Gasteiger partial charge in [0.25, 0.3) is 0 Å². The standard InChI is InChI=1S/C12H14BrFN4/c1-2-15-11(12-16-7-17-18-12)6-8-3-4-10(14)9(13)5-8/h3-5,7,11,15H,2,6H2,1H3,(H,16,17,18). The van der Waals surface area contributed by atoms with Gasteiger partial charge in [0.05, 0.1) is 10.5 Å². The van der Waals surface area contributed by atoms with Crippen LogP contribution < -0.4 is 5.32 Å². The van der Waals surface area contributed by atoms with E-state index < -0.39 is 0 Å². The van der Waals surface area contributed by atoms with Crippen molar-refractivity contribution in [1.29, 1.82) is 0 Å². The number of benzene rings is 1. The molecule has 0 saturated heterocycles. The summed E-state index contributed by atoms with van der Waals surface area (Å²) in [7, 11) is 0. The molecule has 0 saturated carbocycles. The van der Waals surface area contributed by atoms with Crippen molar-refractivity contribution in [2.75, 3.05) is 6.54 Å². The Kier molecular flexibility index (Phi) is 4.43. The second kappa shape index (κ2) is 6.06. The Morgan fingerprint density at radius 1 is 1.50 bits per heavy atom. The van der Waals surface area contributed by atoms with Crippen LogP contribution in [0.3, 0.4) is 0 Å². The summed E-state index contributed by atoms with van der Waals surface area (Å²) in [6.45, 7) is 2.86. The fourth-order valence-electron chi connectivity index (χ4n) is 1.80. The molecule has 2 N–H and O–H groups in total. The maximum Gasteiger partial charge on any atom is 0.141 e. The average molecular weight is 313 g/mol. The largest absolute Gasteiger partial charge is 0.307 e. The summed E-state index contributed by atoms with van der Waals surface area (Å²) in [5, 5.41) is 10.0. The number of H-pyrrole nitrogens is 1. The number of likely N-dealkylation sites (N-methyl/N-ethyl adjacent to an activating group) is 1. The number of aromatic nitrogens is 3. The second-order valence-electron chi connectivity index (χ2n) is 3.93. The molecule has 18 heavy (non-hydrogen) atoms. The van der Waals surface area contributed by atoms with Crippen LogP contribution in [0.4, 0.5) is 4.39 Å². The van der Waals surface area contributed by atoms with Crippen molar-refractivity contribution in [1.82, 2.24) is 20.5 Å². The zero-order valence-electron chi connectivity index (χ0n) is 9.95. The summed E-state index contributed by atoms with van der Waals surface area (Å²) in [4.78, 5) is 4.16. The first-order valence-corrected chi connectivity index (χ1v) is 6.52. The lowest BCUT2D eigenvalue weighted by Gasteiger charge is -2.15. The molecule has 1 heterocycles. The zero-order valence-corrected chi connectivity index (χ0v) is 11.5. The minimum absolute atomic E-state index is 0.0508. The lowest BCUT2D eigenvalue weighted by Crippen LogP contribution is -2.24. The van der Waals surface area contributed by atoms with Crippen molar-refractivity contribution in [2.24, 2.45) is 0 Å². The van der Waals surface area contributed by atoms with Gasteiger partial charge in [-0.2, -0.15) is 5.10 Å². The van der Waals surface area contributed by atoms with E-state index in [-0.39, 0.29) is 11.9 Å². The number of rotatable bonds is 5.